The summed E-state index contributed by atoms with van der Waals surface area (Å²) in [4.78, 5) is 16.8. The van der Waals surface area contributed by atoms with Crippen molar-refractivity contribution in [2.45, 2.75) is 25.8 Å². The Morgan fingerprint density at radius 3 is 2.96 bits per heavy atom. The maximum Gasteiger partial charge on any atom is 0.251 e. The van der Waals surface area contributed by atoms with E-state index in [0.717, 1.165) is 29.7 Å². The first kappa shape index (κ1) is 14.3. The van der Waals surface area contributed by atoms with E-state index in [1.54, 1.807) is 12.3 Å². The number of fused-ring (bicyclic) bond motifs is 2. The van der Waals surface area contributed by atoms with Gasteiger partial charge in [0.15, 0.2) is 0 Å². The van der Waals surface area contributed by atoms with E-state index < -0.39 is 0 Å². The molecule has 0 saturated carbocycles. The van der Waals surface area contributed by atoms with Crippen molar-refractivity contribution in [3.63, 3.8) is 0 Å². The van der Waals surface area contributed by atoms with Gasteiger partial charge in [0.1, 0.15) is 5.65 Å². The normalized spacial score (nSPS) is 13.3. The van der Waals surface area contributed by atoms with Crippen molar-refractivity contribution in [1.82, 2.24) is 14.7 Å². The summed E-state index contributed by atoms with van der Waals surface area (Å²) in [6.45, 7) is 0.398. The van der Waals surface area contributed by atoms with Gasteiger partial charge in [-0.1, -0.05) is 17.7 Å². The van der Waals surface area contributed by atoms with Crippen LogP contribution in [0.1, 0.15) is 33.6 Å². The number of rotatable bonds is 3. The molecule has 2 heterocycles. The molecule has 0 saturated heterocycles. The first-order valence-corrected chi connectivity index (χ1v) is 8.10. The molecule has 1 aliphatic rings. The highest BCUT2D eigenvalue weighted by atomic mass is 35.5. The maximum atomic E-state index is 12.3. The van der Waals surface area contributed by atoms with Crippen molar-refractivity contribution in [3.05, 3.63) is 70.1 Å². The lowest BCUT2D eigenvalue weighted by atomic mass is 10.1. The number of carbonyl (C=O) groups is 1. The number of nitrogens with zero attached hydrogens (tertiary/aromatic N) is 2. The van der Waals surface area contributed by atoms with Gasteiger partial charge in [-0.15, -0.1) is 0 Å². The van der Waals surface area contributed by atoms with Gasteiger partial charge in [0.2, 0.25) is 0 Å². The third-order valence-corrected chi connectivity index (χ3v) is 4.48. The van der Waals surface area contributed by atoms with Crippen molar-refractivity contribution in [2.24, 2.45) is 0 Å². The number of halogens is 1. The molecule has 2 aromatic heterocycles. The Labute approximate surface area is 139 Å². The van der Waals surface area contributed by atoms with Crippen LogP contribution in [0.4, 0.5) is 0 Å². The Hall–Kier alpha value is -2.33. The quantitative estimate of drug-likeness (QED) is 0.802. The summed E-state index contributed by atoms with van der Waals surface area (Å²) >= 11 is 5.96. The number of imidazole rings is 1. The van der Waals surface area contributed by atoms with E-state index >= 15 is 0 Å². The molecular weight excluding hydrogens is 310 g/mol. The predicted octanol–water partition coefficient (Wildman–Crippen LogP) is 3.41. The lowest BCUT2D eigenvalue weighted by Gasteiger charge is -2.05. The minimum absolute atomic E-state index is 0.0604. The molecule has 1 N–H and O–H groups in total. The average Bonchev–Trinajstić information content (AvgIpc) is 3.17. The van der Waals surface area contributed by atoms with Crippen LogP contribution in [0.15, 0.2) is 42.7 Å². The molecular formula is C18H16ClN3O. The lowest BCUT2D eigenvalue weighted by molar-refractivity contribution is 0.0950. The number of hydrogen-bond acceptors (Lipinski definition) is 2. The van der Waals surface area contributed by atoms with Crippen LogP contribution in [0, 0.1) is 0 Å². The van der Waals surface area contributed by atoms with Crippen LogP contribution in [0.25, 0.3) is 5.65 Å². The molecule has 1 aromatic carbocycles. The Kier molecular flexibility index (Phi) is 3.54. The molecule has 4 rings (SSSR count). The number of aromatic nitrogens is 2. The molecule has 4 nitrogen and oxygen atoms in total. The van der Waals surface area contributed by atoms with Gasteiger partial charge < -0.3 is 9.72 Å². The standard InChI is InChI=1S/C18H16ClN3O/c19-15-6-7-17-21-16(11-22(17)10-15)9-20-18(23)14-5-4-12-2-1-3-13(12)8-14/h4-8,10-11H,1-3,9H2,(H,20,23). The minimum atomic E-state index is -0.0604. The van der Waals surface area contributed by atoms with Crippen LogP contribution in [0.5, 0.6) is 0 Å². The van der Waals surface area contributed by atoms with Crippen molar-refractivity contribution in [2.75, 3.05) is 0 Å². The van der Waals surface area contributed by atoms with Crippen LogP contribution >= 0.6 is 11.6 Å². The molecule has 23 heavy (non-hydrogen) atoms. The summed E-state index contributed by atoms with van der Waals surface area (Å²) in [5, 5.41) is 3.59. The number of aryl methyl sites for hydroxylation is 2. The van der Waals surface area contributed by atoms with Gasteiger partial charge in [-0.25, -0.2) is 4.98 Å². The second-order valence-electron chi connectivity index (χ2n) is 5.86. The number of nitrogens with one attached hydrogen (secondary N) is 1. The highest BCUT2D eigenvalue weighted by molar-refractivity contribution is 6.30. The number of benzene rings is 1. The SMILES string of the molecule is O=C(NCc1cn2cc(Cl)ccc2n1)c1ccc2c(c1)CCC2. The zero-order chi connectivity index (χ0) is 15.8. The van der Waals surface area contributed by atoms with Gasteiger partial charge in [-0.05, 0) is 54.7 Å². The summed E-state index contributed by atoms with van der Waals surface area (Å²) in [5.41, 5.74) is 5.02. The van der Waals surface area contributed by atoms with Crippen molar-refractivity contribution < 1.29 is 4.79 Å². The average molecular weight is 326 g/mol. The Morgan fingerprint density at radius 2 is 2.04 bits per heavy atom. The molecule has 0 unspecified atom stereocenters. The summed E-state index contributed by atoms with van der Waals surface area (Å²) in [6, 6.07) is 9.65. The third-order valence-electron chi connectivity index (χ3n) is 4.26. The Morgan fingerprint density at radius 1 is 1.17 bits per heavy atom. The zero-order valence-electron chi connectivity index (χ0n) is 12.6. The van der Waals surface area contributed by atoms with Crippen molar-refractivity contribution in [3.8, 4) is 0 Å². The summed E-state index contributed by atoms with van der Waals surface area (Å²) < 4.78 is 1.86. The van der Waals surface area contributed by atoms with Gasteiger partial charge in [-0.3, -0.25) is 4.79 Å². The van der Waals surface area contributed by atoms with E-state index in [1.165, 1.54) is 17.5 Å². The molecule has 3 aromatic rings. The number of pyridine rings is 1. The topological polar surface area (TPSA) is 46.4 Å². The zero-order valence-corrected chi connectivity index (χ0v) is 13.3. The van der Waals surface area contributed by atoms with Gasteiger partial charge in [0.25, 0.3) is 5.91 Å². The highest BCUT2D eigenvalue weighted by Crippen LogP contribution is 2.22. The van der Waals surface area contributed by atoms with Crippen molar-refractivity contribution in [1.29, 1.82) is 0 Å². The lowest BCUT2D eigenvalue weighted by Crippen LogP contribution is -2.23. The van der Waals surface area contributed by atoms with E-state index in [2.05, 4.69) is 16.4 Å². The van der Waals surface area contributed by atoms with Gasteiger partial charge >= 0.3 is 0 Å². The fraction of sp³-hybridized carbons (Fsp3) is 0.222. The monoisotopic (exact) mass is 325 g/mol. The molecule has 0 bridgehead atoms. The van der Waals surface area contributed by atoms with Crippen molar-refractivity contribution >= 4 is 23.2 Å². The summed E-state index contributed by atoms with van der Waals surface area (Å²) in [7, 11) is 0. The van der Waals surface area contributed by atoms with E-state index in [1.807, 2.05) is 28.8 Å². The summed E-state index contributed by atoms with van der Waals surface area (Å²) in [5.74, 6) is -0.0604. The van der Waals surface area contributed by atoms with Crippen LogP contribution in [-0.2, 0) is 19.4 Å². The van der Waals surface area contributed by atoms with Gasteiger partial charge in [0.05, 0.1) is 17.3 Å². The van der Waals surface area contributed by atoms with Gasteiger partial charge in [0, 0.05) is 18.0 Å². The van der Waals surface area contributed by atoms with E-state index in [9.17, 15) is 4.79 Å². The minimum Gasteiger partial charge on any atom is -0.346 e. The molecule has 0 radical (unpaired) electrons. The molecule has 1 aliphatic carbocycles. The second kappa shape index (κ2) is 5.70. The van der Waals surface area contributed by atoms with E-state index in [-0.39, 0.29) is 5.91 Å². The molecule has 0 fully saturated rings. The smallest absolute Gasteiger partial charge is 0.251 e. The third kappa shape index (κ3) is 2.82. The largest absolute Gasteiger partial charge is 0.346 e. The van der Waals surface area contributed by atoms with Crippen LogP contribution in [-0.4, -0.2) is 15.3 Å². The first-order chi connectivity index (χ1) is 11.2. The van der Waals surface area contributed by atoms with Crippen LogP contribution < -0.4 is 5.32 Å². The molecule has 0 aliphatic heterocycles. The van der Waals surface area contributed by atoms with Gasteiger partial charge in [-0.2, -0.15) is 0 Å². The van der Waals surface area contributed by atoms with Crippen LogP contribution in [0.3, 0.4) is 0 Å². The molecule has 5 heteroatoms. The van der Waals surface area contributed by atoms with Crippen LogP contribution in [0.2, 0.25) is 5.02 Å². The molecule has 1 amide bonds. The Bertz CT molecular complexity index is 900. The summed E-state index contributed by atoms with van der Waals surface area (Å²) in [6.07, 6.45) is 7.06. The van der Waals surface area contributed by atoms with E-state index in [4.69, 9.17) is 11.6 Å². The molecule has 116 valence electrons. The Balaban J connectivity index is 1.48. The second-order valence-corrected chi connectivity index (χ2v) is 6.30. The fourth-order valence-corrected chi connectivity index (χ4v) is 3.26. The number of hydrogen-bond donors (Lipinski definition) is 1. The highest BCUT2D eigenvalue weighted by Gasteiger charge is 2.14. The number of amides is 1. The maximum absolute atomic E-state index is 12.3. The first-order valence-electron chi connectivity index (χ1n) is 7.72. The molecule has 0 atom stereocenters. The van der Waals surface area contributed by atoms with E-state index in [0.29, 0.717) is 11.6 Å². The predicted molar refractivity (Wildman–Crippen MR) is 89.8 cm³/mol. The number of carbonyl (C=O) groups excluding carboxylic acids is 1. The molecule has 0 spiro atoms. The fourth-order valence-electron chi connectivity index (χ4n) is 3.09.